The fourth-order valence-corrected chi connectivity index (χ4v) is 2.38. The topological polar surface area (TPSA) is 114 Å². The van der Waals surface area contributed by atoms with Crippen molar-refractivity contribution in [3.05, 3.63) is 45.9 Å². The standard InChI is InChI=1S/C16H18N4O4S/c1-9(2)24-15(23)11-5-4-6-12(7-11)17-13(21)8-25-16-18-14(22)10(3)19-20-16/h4-7,9H,8H2,1-3H3,(H,17,21)(H,18,20,22). The van der Waals surface area contributed by atoms with Crippen LogP contribution in [0, 0.1) is 6.92 Å². The van der Waals surface area contributed by atoms with Gasteiger partial charge in [-0.25, -0.2) is 4.79 Å². The lowest BCUT2D eigenvalue weighted by Gasteiger charge is -2.09. The quantitative estimate of drug-likeness (QED) is 0.594. The van der Waals surface area contributed by atoms with Crippen LogP contribution < -0.4 is 10.9 Å². The monoisotopic (exact) mass is 362 g/mol. The summed E-state index contributed by atoms with van der Waals surface area (Å²) in [5.41, 5.74) is 0.758. The van der Waals surface area contributed by atoms with Gasteiger partial charge in [0.05, 0.1) is 17.4 Å². The van der Waals surface area contributed by atoms with E-state index in [-0.39, 0.29) is 34.2 Å². The Hall–Kier alpha value is -2.68. The third kappa shape index (κ3) is 5.71. The van der Waals surface area contributed by atoms with Crippen molar-refractivity contribution in [3.8, 4) is 0 Å². The molecule has 0 bridgehead atoms. The summed E-state index contributed by atoms with van der Waals surface area (Å²) in [5, 5.41) is 10.4. The second-order valence-corrected chi connectivity index (χ2v) is 6.38. The van der Waals surface area contributed by atoms with Gasteiger partial charge in [-0.1, -0.05) is 17.8 Å². The number of aromatic amines is 1. The van der Waals surface area contributed by atoms with Crippen LogP contribution in [0.25, 0.3) is 0 Å². The fourth-order valence-electron chi connectivity index (χ4n) is 1.78. The second kappa shape index (κ2) is 8.43. The molecule has 0 aliphatic rings. The molecule has 0 atom stereocenters. The van der Waals surface area contributed by atoms with Crippen molar-refractivity contribution < 1.29 is 14.3 Å². The molecule has 0 saturated carbocycles. The molecule has 0 saturated heterocycles. The van der Waals surface area contributed by atoms with Crippen molar-refractivity contribution in [3.63, 3.8) is 0 Å². The SMILES string of the molecule is Cc1nnc(SCC(=O)Nc2cccc(C(=O)OC(C)C)c2)[nH]c1=O. The Bertz CT molecular complexity index is 835. The molecule has 0 aliphatic heterocycles. The summed E-state index contributed by atoms with van der Waals surface area (Å²) in [4.78, 5) is 37.9. The first kappa shape index (κ1) is 18.7. The average Bonchev–Trinajstić information content (AvgIpc) is 2.55. The summed E-state index contributed by atoms with van der Waals surface area (Å²) < 4.78 is 5.12. The van der Waals surface area contributed by atoms with E-state index in [4.69, 9.17) is 4.74 Å². The number of H-pyrrole nitrogens is 1. The maximum atomic E-state index is 12.0. The lowest BCUT2D eigenvalue weighted by molar-refractivity contribution is -0.113. The molecular formula is C16H18N4O4S. The van der Waals surface area contributed by atoms with Gasteiger partial charge in [-0.2, -0.15) is 0 Å². The minimum absolute atomic E-state index is 0.0361. The predicted octanol–water partition coefficient (Wildman–Crippen LogP) is 1.77. The highest BCUT2D eigenvalue weighted by Gasteiger charge is 2.11. The fraction of sp³-hybridized carbons (Fsp3) is 0.312. The number of esters is 1. The molecule has 8 nitrogen and oxygen atoms in total. The Labute approximate surface area is 148 Å². The van der Waals surface area contributed by atoms with Gasteiger partial charge in [-0.3, -0.25) is 14.6 Å². The van der Waals surface area contributed by atoms with E-state index in [9.17, 15) is 14.4 Å². The van der Waals surface area contributed by atoms with E-state index in [1.807, 2.05) is 0 Å². The van der Waals surface area contributed by atoms with Gasteiger partial charge in [0.25, 0.3) is 5.56 Å². The number of benzene rings is 1. The number of amides is 1. The molecule has 0 spiro atoms. The van der Waals surface area contributed by atoms with Gasteiger partial charge >= 0.3 is 5.97 Å². The summed E-state index contributed by atoms with van der Waals surface area (Å²) in [6, 6.07) is 6.48. The molecular weight excluding hydrogens is 344 g/mol. The van der Waals surface area contributed by atoms with Crippen LogP contribution in [0.15, 0.2) is 34.2 Å². The van der Waals surface area contributed by atoms with Crippen molar-refractivity contribution in [2.75, 3.05) is 11.1 Å². The Kier molecular flexibility index (Phi) is 6.29. The van der Waals surface area contributed by atoms with E-state index >= 15 is 0 Å². The highest BCUT2D eigenvalue weighted by molar-refractivity contribution is 7.99. The van der Waals surface area contributed by atoms with E-state index < -0.39 is 5.97 Å². The molecule has 1 aromatic carbocycles. The van der Waals surface area contributed by atoms with E-state index in [1.54, 1.807) is 45.0 Å². The van der Waals surface area contributed by atoms with Crippen molar-refractivity contribution in [1.82, 2.24) is 15.2 Å². The third-order valence-electron chi connectivity index (χ3n) is 2.90. The Balaban J connectivity index is 1.95. The van der Waals surface area contributed by atoms with Crippen molar-refractivity contribution >= 4 is 29.3 Å². The normalized spacial score (nSPS) is 10.6. The Morgan fingerprint density at radius 1 is 1.32 bits per heavy atom. The predicted molar refractivity (Wildman–Crippen MR) is 93.7 cm³/mol. The van der Waals surface area contributed by atoms with Crippen LogP contribution in [0.5, 0.6) is 0 Å². The minimum atomic E-state index is -0.451. The smallest absolute Gasteiger partial charge is 0.338 e. The largest absolute Gasteiger partial charge is 0.459 e. The number of nitrogens with zero attached hydrogens (tertiary/aromatic N) is 2. The van der Waals surface area contributed by atoms with Crippen LogP contribution in [0.1, 0.15) is 29.9 Å². The summed E-state index contributed by atoms with van der Waals surface area (Å²) in [6.07, 6.45) is -0.222. The van der Waals surface area contributed by atoms with Crippen molar-refractivity contribution in [2.24, 2.45) is 0 Å². The van der Waals surface area contributed by atoms with Gasteiger partial charge in [-0.15, -0.1) is 10.2 Å². The number of carbonyl (C=O) groups excluding carboxylic acids is 2. The number of hydrogen-bond acceptors (Lipinski definition) is 7. The summed E-state index contributed by atoms with van der Waals surface area (Å²) in [5.74, 6) is -0.718. The molecule has 2 rings (SSSR count). The molecule has 1 amide bonds. The minimum Gasteiger partial charge on any atom is -0.459 e. The maximum Gasteiger partial charge on any atom is 0.338 e. The number of aromatic nitrogens is 3. The number of hydrogen-bond donors (Lipinski definition) is 2. The number of anilines is 1. The summed E-state index contributed by atoms with van der Waals surface area (Å²) in [7, 11) is 0. The van der Waals surface area contributed by atoms with Gasteiger partial charge in [0, 0.05) is 5.69 Å². The lowest BCUT2D eigenvalue weighted by atomic mass is 10.2. The van der Waals surface area contributed by atoms with E-state index in [2.05, 4.69) is 20.5 Å². The molecule has 1 aromatic heterocycles. The molecule has 25 heavy (non-hydrogen) atoms. The van der Waals surface area contributed by atoms with E-state index in [0.29, 0.717) is 11.3 Å². The number of ether oxygens (including phenoxy) is 1. The van der Waals surface area contributed by atoms with E-state index in [0.717, 1.165) is 11.8 Å². The van der Waals surface area contributed by atoms with E-state index in [1.165, 1.54) is 0 Å². The second-order valence-electron chi connectivity index (χ2n) is 5.42. The molecule has 0 unspecified atom stereocenters. The van der Waals surface area contributed by atoms with Crippen LogP contribution in [0.4, 0.5) is 5.69 Å². The zero-order valence-electron chi connectivity index (χ0n) is 14.0. The number of rotatable bonds is 6. The van der Waals surface area contributed by atoms with Crippen molar-refractivity contribution in [1.29, 1.82) is 0 Å². The first-order valence-electron chi connectivity index (χ1n) is 7.52. The van der Waals surface area contributed by atoms with Crippen LogP contribution in [0.3, 0.4) is 0 Å². The number of thioether (sulfide) groups is 1. The third-order valence-corrected chi connectivity index (χ3v) is 3.77. The van der Waals surface area contributed by atoms with Gasteiger partial charge < -0.3 is 10.1 Å². The maximum absolute atomic E-state index is 12.0. The molecule has 0 radical (unpaired) electrons. The highest BCUT2D eigenvalue weighted by atomic mass is 32.2. The lowest BCUT2D eigenvalue weighted by Crippen LogP contribution is -2.17. The van der Waals surface area contributed by atoms with Crippen LogP contribution in [-0.4, -0.2) is 38.9 Å². The van der Waals surface area contributed by atoms with Gasteiger partial charge in [0.2, 0.25) is 5.91 Å². The zero-order chi connectivity index (χ0) is 18.4. The Morgan fingerprint density at radius 3 is 2.76 bits per heavy atom. The number of aryl methyl sites for hydroxylation is 1. The number of nitrogens with one attached hydrogen (secondary N) is 2. The first-order valence-corrected chi connectivity index (χ1v) is 8.51. The van der Waals surface area contributed by atoms with Crippen LogP contribution in [-0.2, 0) is 9.53 Å². The van der Waals surface area contributed by atoms with Crippen LogP contribution >= 0.6 is 11.8 Å². The molecule has 0 fully saturated rings. The highest BCUT2D eigenvalue weighted by Crippen LogP contribution is 2.14. The molecule has 1 heterocycles. The van der Waals surface area contributed by atoms with Gasteiger partial charge in [-0.05, 0) is 39.0 Å². The molecule has 2 N–H and O–H groups in total. The average molecular weight is 362 g/mol. The molecule has 2 aromatic rings. The molecule has 0 aliphatic carbocycles. The molecule has 9 heteroatoms. The van der Waals surface area contributed by atoms with Crippen molar-refractivity contribution in [2.45, 2.75) is 32.0 Å². The molecule has 132 valence electrons. The summed E-state index contributed by atoms with van der Waals surface area (Å²) in [6.45, 7) is 5.07. The summed E-state index contributed by atoms with van der Waals surface area (Å²) >= 11 is 1.06. The van der Waals surface area contributed by atoms with Crippen LogP contribution in [0.2, 0.25) is 0 Å². The van der Waals surface area contributed by atoms with Gasteiger partial charge in [0.1, 0.15) is 5.69 Å². The first-order chi connectivity index (χ1) is 11.8. The number of carbonyl (C=O) groups is 2. The zero-order valence-corrected chi connectivity index (χ0v) is 14.8. The Morgan fingerprint density at radius 2 is 2.08 bits per heavy atom. The van der Waals surface area contributed by atoms with Gasteiger partial charge in [0.15, 0.2) is 5.16 Å².